The number of anilines is 1. The fourth-order valence-corrected chi connectivity index (χ4v) is 5.22. The van der Waals surface area contributed by atoms with Crippen molar-refractivity contribution in [2.45, 2.75) is 75.7 Å². The molecule has 31 heavy (non-hydrogen) atoms. The average molecular weight is 439 g/mol. The van der Waals surface area contributed by atoms with Gasteiger partial charge < -0.3 is 9.80 Å². The third-order valence-electron chi connectivity index (χ3n) is 6.34. The number of rotatable bonds is 6. The molecule has 2 aromatic rings. The number of amides is 1. The van der Waals surface area contributed by atoms with Crippen LogP contribution in [-0.4, -0.2) is 46.5 Å². The Morgan fingerprint density at radius 2 is 1.87 bits per heavy atom. The smallest absolute Gasteiger partial charge is 0.253 e. The lowest BCUT2D eigenvalue weighted by Gasteiger charge is -2.34. The second kappa shape index (κ2) is 10.0. The number of nitrogens with zero attached hydrogens (tertiary/aromatic N) is 4. The Kier molecular flexibility index (Phi) is 7.16. The van der Waals surface area contributed by atoms with Crippen LogP contribution in [0.1, 0.15) is 80.4 Å². The molecule has 0 aliphatic carbocycles. The summed E-state index contributed by atoms with van der Waals surface area (Å²) in [5.41, 5.74) is 3.03. The van der Waals surface area contributed by atoms with Crippen LogP contribution in [0.25, 0.3) is 0 Å². The van der Waals surface area contributed by atoms with Gasteiger partial charge in [-0.25, -0.2) is 9.97 Å². The standard InChI is InChI=1S/C25H34N4OS/c1-18(2)22-16-23(29-14-5-4-9-19(29)3)27-25(26-22)31-17-20-10-8-11-21(15-20)24(30)28-12-6-7-13-28/h8,10-11,15-16,18-19H,4-7,9,12-14,17H2,1-3H3. The summed E-state index contributed by atoms with van der Waals surface area (Å²) in [7, 11) is 0. The van der Waals surface area contributed by atoms with Gasteiger partial charge in [-0.15, -0.1) is 0 Å². The molecule has 2 aliphatic rings. The maximum atomic E-state index is 12.7. The zero-order valence-electron chi connectivity index (χ0n) is 19.0. The maximum absolute atomic E-state index is 12.7. The summed E-state index contributed by atoms with van der Waals surface area (Å²) in [5.74, 6) is 2.34. The van der Waals surface area contributed by atoms with Gasteiger partial charge in [0.25, 0.3) is 5.91 Å². The van der Waals surface area contributed by atoms with Gasteiger partial charge in [-0.1, -0.05) is 37.7 Å². The van der Waals surface area contributed by atoms with E-state index in [9.17, 15) is 4.79 Å². The van der Waals surface area contributed by atoms with E-state index in [1.165, 1.54) is 19.3 Å². The van der Waals surface area contributed by atoms with Gasteiger partial charge in [0, 0.05) is 48.8 Å². The Morgan fingerprint density at radius 1 is 1.10 bits per heavy atom. The molecule has 0 bridgehead atoms. The zero-order chi connectivity index (χ0) is 21.8. The van der Waals surface area contributed by atoms with Crippen molar-refractivity contribution >= 4 is 23.5 Å². The van der Waals surface area contributed by atoms with E-state index in [4.69, 9.17) is 9.97 Å². The van der Waals surface area contributed by atoms with Gasteiger partial charge in [-0.2, -0.15) is 0 Å². The third kappa shape index (κ3) is 5.40. The average Bonchev–Trinajstić information content (AvgIpc) is 3.32. The molecule has 2 fully saturated rings. The molecule has 2 aliphatic heterocycles. The Morgan fingerprint density at radius 3 is 2.61 bits per heavy atom. The van der Waals surface area contributed by atoms with Crippen LogP contribution in [0.5, 0.6) is 0 Å². The summed E-state index contributed by atoms with van der Waals surface area (Å²) >= 11 is 1.66. The van der Waals surface area contributed by atoms with Gasteiger partial charge in [-0.3, -0.25) is 4.79 Å². The Bertz CT molecular complexity index is 910. The topological polar surface area (TPSA) is 49.3 Å². The number of thioether (sulfide) groups is 1. The van der Waals surface area contributed by atoms with Gasteiger partial charge in [-0.05, 0) is 62.6 Å². The molecular weight excluding hydrogens is 404 g/mol. The van der Waals surface area contributed by atoms with Crippen molar-refractivity contribution < 1.29 is 4.79 Å². The highest BCUT2D eigenvalue weighted by Gasteiger charge is 2.22. The van der Waals surface area contributed by atoms with E-state index in [2.05, 4.69) is 37.8 Å². The molecule has 6 heteroatoms. The summed E-state index contributed by atoms with van der Waals surface area (Å²) < 4.78 is 0. The van der Waals surface area contributed by atoms with Crippen LogP contribution in [0.3, 0.4) is 0 Å². The summed E-state index contributed by atoms with van der Waals surface area (Å²) in [6, 6.07) is 10.7. The first kappa shape index (κ1) is 22.1. The maximum Gasteiger partial charge on any atom is 0.253 e. The molecule has 0 N–H and O–H groups in total. The minimum absolute atomic E-state index is 0.156. The molecule has 1 atom stereocenters. The fraction of sp³-hybridized carbons (Fsp3) is 0.560. The first-order valence-electron chi connectivity index (χ1n) is 11.7. The normalized spacial score (nSPS) is 19.3. The first-order valence-corrected chi connectivity index (χ1v) is 12.7. The molecule has 1 amide bonds. The number of carbonyl (C=O) groups excluding carboxylic acids is 1. The van der Waals surface area contributed by atoms with E-state index in [1.54, 1.807) is 11.8 Å². The van der Waals surface area contributed by atoms with Crippen molar-refractivity contribution in [1.82, 2.24) is 14.9 Å². The van der Waals surface area contributed by atoms with E-state index >= 15 is 0 Å². The van der Waals surface area contributed by atoms with E-state index in [1.807, 2.05) is 23.1 Å². The van der Waals surface area contributed by atoms with Crippen LogP contribution < -0.4 is 4.90 Å². The Balaban J connectivity index is 1.50. The lowest BCUT2D eigenvalue weighted by Crippen LogP contribution is -2.38. The molecule has 3 heterocycles. The van der Waals surface area contributed by atoms with E-state index < -0.39 is 0 Å². The van der Waals surface area contributed by atoms with Crippen molar-refractivity contribution in [1.29, 1.82) is 0 Å². The van der Waals surface area contributed by atoms with Crippen molar-refractivity contribution in [2.24, 2.45) is 0 Å². The van der Waals surface area contributed by atoms with Crippen molar-refractivity contribution in [3.8, 4) is 0 Å². The second-order valence-electron chi connectivity index (χ2n) is 9.11. The molecule has 0 radical (unpaired) electrons. The minimum atomic E-state index is 0.156. The van der Waals surface area contributed by atoms with Crippen LogP contribution >= 0.6 is 11.8 Å². The number of carbonyl (C=O) groups is 1. The number of hydrogen-bond acceptors (Lipinski definition) is 5. The fourth-order valence-electron chi connectivity index (χ4n) is 4.42. The van der Waals surface area contributed by atoms with Crippen LogP contribution in [0.4, 0.5) is 5.82 Å². The molecular formula is C25H34N4OS. The predicted molar refractivity (Wildman–Crippen MR) is 128 cm³/mol. The highest BCUT2D eigenvalue weighted by atomic mass is 32.2. The SMILES string of the molecule is CC(C)c1cc(N2CCCCC2C)nc(SCc2cccc(C(=O)N3CCCC3)c2)n1. The molecule has 0 spiro atoms. The summed E-state index contributed by atoms with van der Waals surface area (Å²) in [5, 5.41) is 0.829. The second-order valence-corrected chi connectivity index (χ2v) is 10.1. The molecule has 1 aromatic carbocycles. The van der Waals surface area contributed by atoms with E-state index in [0.29, 0.717) is 12.0 Å². The molecule has 0 saturated carbocycles. The number of benzene rings is 1. The lowest BCUT2D eigenvalue weighted by atomic mass is 10.0. The molecule has 4 rings (SSSR count). The van der Waals surface area contributed by atoms with Gasteiger partial charge in [0.2, 0.25) is 0 Å². The minimum Gasteiger partial charge on any atom is -0.354 e. The van der Waals surface area contributed by atoms with Crippen LogP contribution in [-0.2, 0) is 5.75 Å². The first-order chi connectivity index (χ1) is 15.0. The van der Waals surface area contributed by atoms with E-state index in [-0.39, 0.29) is 5.91 Å². The summed E-state index contributed by atoms with van der Waals surface area (Å²) in [6.45, 7) is 9.50. The van der Waals surface area contributed by atoms with Crippen LogP contribution in [0.2, 0.25) is 0 Å². The number of aromatic nitrogens is 2. The monoisotopic (exact) mass is 438 g/mol. The van der Waals surface area contributed by atoms with Crippen molar-refractivity contribution in [3.63, 3.8) is 0 Å². The van der Waals surface area contributed by atoms with Gasteiger partial charge in [0.1, 0.15) is 5.82 Å². The summed E-state index contributed by atoms with van der Waals surface area (Å²) in [6.07, 6.45) is 5.98. The Hall–Kier alpha value is -2.08. The van der Waals surface area contributed by atoms with Gasteiger partial charge >= 0.3 is 0 Å². The molecule has 5 nitrogen and oxygen atoms in total. The number of likely N-dealkylation sites (tertiary alicyclic amines) is 1. The Labute approximate surface area is 190 Å². The lowest BCUT2D eigenvalue weighted by molar-refractivity contribution is 0.0792. The number of hydrogen-bond donors (Lipinski definition) is 0. The highest BCUT2D eigenvalue weighted by molar-refractivity contribution is 7.98. The predicted octanol–water partition coefficient (Wildman–Crippen LogP) is 5.51. The van der Waals surface area contributed by atoms with Crippen LogP contribution in [0, 0.1) is 0 Å². The zero-order valence-corrected chi connectivity index (χ0v) is 19.8. The van der Waals surface area contributed by atoms with Crippen LogP contribution in [0.15, 0.2) is 35.5 Å². The molecule has 2 saturated heterocycles. The molecule has 1 unspecified atom stereocenters. The largest absolute Gasteiger partial charge is 0.354 e. The third-order valence-corrected chi connectivity index (χ3v) is 7.25. The highest BCUT2D eigenvalue weighted by Crippen LogP contribution is 2.29. The molecule has 1 aromatic heterocycles. The van der Waals surface area contributed by atoms with E-state index in [0.717, 1.165) is 66.0 Å². The van der Waals surface area contributed by atoms with Crippen molar-refractivity contribution in [2.75, 3.05) is 24.5 Å². The van der Waals surface area contributed by atoms with Crippen molar-refractivity contribution in [3.05, 3.63) is 47.2 Å². The summed E-state index contributed by atoms with van der Waals surface area (Å²) in [4.78, 5) is 26.9. The number of piperidine rings is 1. The molecule has 166 valence electrons. The van der Waals surface area contributed by atoms with Gasteiger partial charge in [0.05, 0.1) is 0 Å². The van der Waals surface area contributed by atoms with Gasteiger partial charge in [0.15, 0.2) is 5.16 Å². The quantitative estimate of drug-likeness (QED) is 0.440.